The number of Topliss-reactive ketones (excluding diaryl/α,β-unsaturated/α-hetero) is 1. The minimum Gasteiger partial charge on any atom is -0.382 e. The summed E-state index contributed by atoms with van der Waals surface area (Å²) >= 11 is 0. The van der Waals surface area contributed by atoms with Gasteiger partial charge in [-0.1, -0.05) is 68.3 Å². The van der Waals surface area contributed by atoms with Crippen LogP contribution in [0.5, 0.6) is 0 Å². The molecule has 0 aliphatic heterocycles. The zero-order valence-corrected chi connectivity index (χ0v) is 15.5. The van der Waals surface area contributed by atoms with Crippen molar-refractivity contribution in [1.29, 1.82) is 0 Å². The van der Waals surface area contributed by atoms with Crippen molar-refractivity contribution in [2.24, 2.45) is 5.92 Å². The van der Waals surface area contributed by atoms with E-state index < -0.39 is 5.60 Å². The molecule has 0 saturated heterocycles. The van der Waals surface area contributed by atoms with E-state index >= 15 is 0 Å². The summed E-state index contributed by atoms with van der Waals surface area (Å²) in [4.78, 5) is 12.1. The van der Waals surface area contributed by atoms with Crippen LogP contribution in [0.4, 0.5) is 0 Å². The second-order valence-electron chi connectivity index (χ2n) is 8.04. The molecule has 25 heavy (non-hydrogen) atoms. The van der Waals surface area contributed by atoms with Crippen LogP contribution < -0.4 is 0 Å². The Hall–Kier alpha value is -1.93. The summed E-state index contributed by atoms with van der Waals surface area (Å²) in [6.45, 7) is 5.40. The molecule has 0 radical (unpaired) electrons. The first-order valence-corrected chi connectivity index (χ1v) is 9.32. The molecule has 1 aliphatic carbocycles. The van der Waals surface area contributed by atoms with Gasteiger partial charge in [-0.15, -0.1) is 0 Å². The van der Waals surface area contributed by atoms with Gasteiger partial charge in [0.25, 0.3) is 0 Å². The molecule has 2 aromatic rings. The lowest BCUT2D eigenvalue weighted by Gasteiger charge is -2.26. The minimum absolute atomic E-state index is 0.249. The minimum atomic E-state index is -1.33. The van der Waals surface area contributed by atoms with Gasteiger partial charge in [-0.25, -0.2) is 0 Å². The number of hydrogen-bond donors (Lipinski definition) is 1. The van der Waals surface area contributed by atoms with Gasteiger partial charge in [0.2, 0.25) is 0 Å². The fourth-order valence-corrected chi connectivity index (χ4v) is 3.71. The largest absolute Gasteiger partial charge is 0.382 e. The van der Waals surface area contributed by atoms with Crippen LogP contribution in [-0.4, -0.2) is 16.5 Å². The molecule has 0 bridgehead atoms. The molecule has 2 aromatic carbocycles. The van der Waals surface area contributed by atoms with Gasteiger partial charge in [-0.3, -0.25) is 4.79 Å². The number of benzene rings is 2. The van der Waals surface area contributed by atoms with E-state index in [9.17, 15) is 9.90 Å². The van der Waals surface area contributed by atoms with Gasteiger partial charge in [-0.2, -0.15) is 0 Å². The summed E-state index contributed by atoms with van der Waals surface area (Å²) in [7, 11) is 0. The van der Waals surface area contributed by atoms with Crippen molar-refractivity contribution in [3.63, 3.8) is 0 Å². The average Bonchev–Trinajstić information content (AvgIpc) is 2.61. The van der Waals surface area contributed by atoms with Gasteiger partial charge >= 0.3 is 0 Å². The highest BCUT2D eigenvalue weighted by Crippen LogP contribution is 2.36. The zero-order valence-electron chi connectivity index (χ0n) is 15.5. The van der Waals surface area contributed by atoms with Crippen LogP contribution in [0.2, 0.25) is 0 Å². The first-order valence-electron chi connectivity index (χ1n) is 9.32. The Balaban J connectivity index is 1.73. The van der Waals surface area contributed by atoms with Crippen LogP contribution in [0.1, 0.15) is 68.3 Å². The van der Waals surface area contributed by atoms with Crippen molar-refractivity contribution in [2.45, 2.75) is 58.0 Å². The fraction of sp³-hybridized carbons (Fsp3) is 0.435. The Bertz CT molecular complexity index is 712. The number of ketones is 1. The molecular weight excluding hydrogens is 308 g/mol. The van der Waals surface area contributed by atoms with E-state index in [4.69, 9.17) is 0 Å². The third-order valence-electron chi connectivity index (χ3n) is 5.43. The summed E-state index contributed by atoms with van der Waals surface area (Å²) in [5.74, 6) is 1.33. The molecule has 1 N–H and O–H groups in total. The van der Waals surface area contributed by atoms with Gasteiger partial charge < -0.3 is 5.11 Å². The highest BCUT2D eigenvalue weighted by molar-refractivity contribution is 6.02. The molecular formula is C23H28O2. The number of carbonyl (C=O) groups is 1. The maximum Gasteiger partial charge on any atom is 0.193 e. The highest BCUT2D eigenvalue weighted by Gasteiger charge is 2.25. The fourth-order valence-electron chi connectivity index (χ4n) is 3.71. The summed E-state index contributed by atoms with van der Waals surface area (Å²) in [5, 5.41) is 9.85. The lowest BCUT2D eigenvalue weighted by molar-refractivity contribution is 0.0488. The van der Waals surface area contributed by atoms with E-state index in [-0.39, 0.29) is 5.78 Å². The molecule has 1 saturated carbocycles. The summed E-state index contributed by atoms with van der Waals surface area (Å²) < 4.78 is 0. The monoisotopic (exact) mass is 336 g/mol. The first-order chi connectivity index (χ1) is 11.8. The van der Waals surface area contributed by atoms with E-state index in [1.165, 1.54) is 45.1 Å². The molecule has 0 unspecified atom stereocenters. The summed E-state index contributed by atoms with van der Waals surface area (Å²) in [6.07, 6.45) is 5.27. The lowest BCUT2D eigenvalue weighted by Crippen LogP contribution is -2.30. The second kappa shape index (κ2) is 7.13. The topological polar surface area (TPSA) is 37.3 Å². The zero-order chi connectivity index (χ0) is 18.0. The van der Waals surface area contributed by atoms with Gasteiger partial charge in [0, 0.05) is 5.56 Å². The predicted octanol–water partition coefficient (Wildman–Crippen LogP) is 5.60. The van der Waals surface area contributed by atoms with Crippen LogP contribution in [0, 0.1) is 5.92 Å². The van der Waals surface area contributed by atoms with Crippen LogP contribution in [0.25, 0.3) is 11.1 Å². The Kier molecular flexibility index (Phi) is 5.10. The van der Waals surface area contributed by atoms with E-state index in [1.54, 1.807) is 12.1 Å². The van der Waals surface area contributed by atoms with Crippen molar-refractivity contribution in [2.75, 3.05) is 0 Å². The summed E-state index contributed by atoms with van der Waals surface area (Å²) in [6, 6.07) is 16.4. The van der Waals surface area contributed by atoms with Gasteiger partial charge in [-0.05, 0) is 55.2 Å². The molecule has 0 heterocycles. The molecule has 0 atom stereocenters. The third kappa shape index (κ3) is 4.19. The van der Waals surface area contributed by atoms with Gasteiger partial charge in [0.1, 0.15) is 5.60 Å². The molecule has 0 spiro atoms. The van der Waals surface area contributed by atoms with Crippen molar-refractivity contribution in [3.05, 3.63) is 59.7 Å². The quantitative estimate of drug-likeness (QED) is 0.738. The Morgan fingerprint density at radius 3 is 1.84 bits per heavy atom. The number of hydrogen-bond acceptors (Lipinski definition) is 2. The maximum absolute atomic E-state index is 12.1. The third-order valence-corrected chi connectivity index (χ3v) is 5.43. The molecule has 0 aromatic heterocycles. The Labute approximate surface area is 150 Å². The lowest BCUT2D eigenvalue weighted by atomic mass is 9.79. The molecule has 2 nitrogen and oxygen atoms in total. The molecule has 0 amide bonds. The standard InChI is InChI=1S/C23H28O2/c1-16-4-6-17(7-5-16)18-8-10-19(11-9-18)20-12-14-21(15-13-20)22(24)23(2,3)25/h8-17,25H,4-7H2,1-3H3. The van der Waals surface area contributed by atoms with E-state index in [1.807, 2.05) is 12.1 Å². The predicted molar refractivity (Wildman–Crippen MR) is 103 cm³/mol. The van der Waals surface area contributed by atoms with Gasteiger partial charge in [0.05, 0.1) is 0 Å². The van der Waals surface area contributed by atoms with Crippen LogP contribution in [0.3, 0.4) is 0 Å². The van der Waals surface area contributed by atoms with Crippen molar-refractivity contribution < 1.29 is 9.90 Å². The maximum atomic E-state index is 12.1. The Morgan fingerprint density at radius 1 is 0.880 bits per heavy atom. The highest BCUT2D eigenvalue weighted by atomic mass is 16.3. The summed E-state index contributed by atoms with van der Waals surface area (Å²) in [5.41, 5.74) is 2.92. The second-order valence-corrected chi connectivity index (χ2v) is 8.04. The van der Waals surface area contributed by atoms with Gasteiger partial charge in [0.15, 0.2) is 5.78 Å². The van der Waals surface area contributed by atoms with Crippen molar-refractivity contribution in [3.8, 4) is 11.1 Å². The molecule has 3 rings (SSSR count). The molecule has 1 aliphatic rings. The SMILES string of the molecule is CC1CCC(c2ccc(-c3ccc(C(=O)C(C)(C)O)cc3)cc2)CC1. The van der Waals surface area contributed by atoms with Crippen LogP contribution >= 0.6 is 0 Å². The average molecular weight is 336 g/mol. The number of carbonyl (C=O) groups excluding carboxylic acids is 1. The van der Waals surface area contributed by atoms with Crippen LogP contribution in [-0.2, 0) is 0 Å². The van der Waals surface area contributed by atoms with E-state index in [0.717, 1.165) is 17.0 Å². The number of aliphatic hydroxyl groups is 1. The molecule has 2 heteroatoms. The normalized spacial score (nSPS) is 21.1. The van der Waals surface area contributed by atoms with E-state index in [2.05, 4.69) is 31.2 Å². The van der Waals surface area contributed by atoms with Crippen molar-refractivity contribution in [1.82, 2.24) is 0 Å². The van der Waals surface area contributed by atoms with Crippen molar-refractivity contribution >= 4 is 5.78 Å². The molecule has 132 valence electrons. The number of rotatable bonds is 4. The van der Waals surface area contributed by atoms with E-state index in [0.29, 0.717) is 11.5 Å². The van der Waals surface area contributed by atoms with Crippen LogP contribution in [0.15, 0.2) is 48.5 Å². The molecule has 1 fully saturated rings. The first kappa shape index (κ1) is 17.9. The Morgan fingerprint density at radius 2 is 1.36 bits per heavy atom. The smallest absolute Gasteiger partial charge is 0.193 e.